The number of hydrogen-bond donors (Lipinski definition) is 1. The number of carboxylic acid groups (broad SMARTS) is 1. The van der Waals surface area contributed by atoms with E-state index in [4.69, 9.17) is 5.11 Å². The van der Waals surface area contributed by atoms with Gasteiger partial charge in [-0.3, -0.25) is 4.79 Å². The topological polar surface area (TPSA) is 37.3 Å². The Hall–Kier alpha value is -0.530. The Morgan fingerprint density at radius 1 is 0.800 bits per heavy atom. The molecule has 1 atom stereocenters. The van der Waals surface area contributed by atoms with E-state index in [0.29, 0.717) is 6.42 Å². The first-order chi connectivity index (χ1) is 9.66. The highest BCUT2D eigenvalue weighted by Gasteiger charge is 2.02. The predicted octanol–water partition coefficient (Wildman–Crippen LogP) is 6.19. The van der Waals surface area contributed by atoms with Gasteiger partial charge in [0.05, 0.1) is 0 Å². The lowest BCUT2D eigenvalue weighted by Crippen LogP contribution is -1.95. The molecule has 0 aromatic rings. The highest BCUT2D eigenvalue weighted by molar-refractivity contribution is 5.66. The van der Waals surface area contributed by atoms with Gasteiger partial charge in [-0.1, -0.05) is 90.9 Å². The summed E-state index contributed by atoms with van der Waals surface area (Å²) in [5, 5.41) is 8.53. The molecule has 0 aliphatic rings. The van der Waals surface area contributed by atoms with Crippen molar-refractivity contribution in [3.63, 3.8) is 0 Å². The third-order valence-corrected chi connectivity index (χ3v) is 4.14. The molecule has 1 unspecified atom stereocenters. The maximum Gasteiger partial charge on any atom is 0.303 e. The molecule has 1 N–H and O–H groups in total. The number of carbonyl (C=O) groups is 1. The van der Waals surface area contributed by atoms with Crippen molar-refractivity contribution in [2.24, 2.45) is 5.92 Å². The van der Waals surface area contributed by atoms with Crippen LogP contribution in [0.15, 0.2) is 0 Å². The van der Waals surface area contributed by atoms with Gasteiger partial charge in [0, 0.05) is 6.42 Å². The summed E-state index contributed by atoms with van der Waals surface area (Å²) in [7, 11) is 0. The summed E-state index contributed by atoms with van der Waals surface area (Å²) in [6.45, 7) is 4.66. The summed E-state index contributed by atoms with van der Waals surface area (Å²) in [5.41, 5.74) is 0. The second-order valence-corrected chi connectivity index (χ2v) is 6.36. The Bertz CT molecular complexity index is 213. The highest BCUT2D eigenvalue weighted by Crippen LogP contribution is 2.18. The number of unbranched alkanes of at least 4 members (excludes halogenated alkanes) is 9. The molecule has 0 aromatic carbocycles. The molecule has 0 heterocycles. The fourth-order valence-electron chi connectivity index (χ4n) is 2.72. The Morgan fingerprint density at radius 3 is 1.75 bits per heavy atom. The van der Waals surface area contributed by atoms with Crippen molar-refractivity contribution in [2.45, 2.75) is 104 Å². The van der Waals surface area contributed by atoms with Gasteiger partial charge in [-0.05, 0) is 12.3 Å². The molecule has 0 aromatic heterocycles. The minimum atomic E-state index is -0.655. The monoisotopic (exact) mass is 284 g/mol. The van der Waals surface area contributed by atoms with Gasteiger partial charge >= 0.3 is 5.97 Å². The van der Waals surface area contributed by atoms with E-state index in [1.807, 2.05) is 0 Å². The van der Waals surface area contributed by atoms with Crippen molar-refractivity contribution < 1.29 is 9.90 Å². The Balaban J connectivity index is 3.15. The van der Waals surface area contributed by atoms with Crippen molar-refractivity contribution in [1.82, 2.24) is 0 Å². The first-order valence-electron chi connectivity index (χ1n) is 8.88. The summed E-state index contributed by atoms with van der Waals surface area (Å²) in [4.78, 5) is 10.4. The molecule has 0 amide bonds. The Kier molecular flexibility index (Phi) is 14.5. The zero-order valence-corrected chi connectivity index (χ0v) is 13.8. The average Bonchev–Trinajstić information content (AvgIpc) is 2.41. The zero-order valence-electron chi connectivity index (χ0n) is 13.8. The van der Waals surface area contributed by atoms with E-state index in [0.717, 1.165) is 18.8 Å². The van der Waals surface area contributed by atoms with Crippen molar-refractivity contribution in [3.05, 3.63) is 0 Å². The minimum Gasteiger partial charge on any atom is -0.481 e. The van der Waals surface area contributed by atoms with Gasteiger partial charge in [0.15, 0.2) is 0 Å². The molecule has 0 bridgehead atoms. The van der Waals surface area contributed by atoms with Crippen LogP contribution in [0.1, 0.15) is 104 Å². The molecule has 0 aliphatic heterocycles. The van der Waals surface area contributed by atoms with Crippen LogP contribution in [-0.2, 0) is 4.79 Å². The highest BCUT2D eigenvalue weighted by atomic mass is 16.4. The van der Waals surface area contributed by atoms with Crippen LogP contribution in [-0.4, -0.2) is 11.1 Å². The van der Waals surface area contributed by atoms with Gasteiger partial charge in [0.2, 0.25) is 0 Å². The lowest BCUT2D eigenvalue weighted by molar-refractivity contribution is -0.137. The first kappa shape index (κ1) is 19.5. The molecule has 120 valence electrons. The normalized spacial score (nSPS) is 12.5. The first-order valence-corrected chi connectivity index (χ1v) is 8.88. The summed E-state index contributed by atoms with van der Waals surface area (Å²) >= 11 is 0. The van der Waals surface area contributed by atoms with E-state index in [-0.39, 0.29) is 0 Å². The van der Waals surface area contributed by atoms with Gasteiger partial charge in [-0.2, -0.15) is 0 Å². The fraction of sp³-hybridized carbons (Fsp3) is 0.944. The standard InChI is InChI=1S/C18H36O2/c1-3-4-5-8-11-14-17(2)15-12-9-6-7-10-13-16-18(19)20/h17H,3-16H2,1-2H3,(H,19,20). The maximum absolute atomic E-state index is 10.4. The fourth-order valence-corrected chi connectivity index (χ4v) is 2.72. The van der Waals surface area contributed by atoms with Gasteiger partial charge in [-0.15, -0.1) is 0 Å². The summed E-state index contributed by atoms with van der Waals surface area (Å²) in [6.07, 6.45) is 17.2. The second-order valence-electron chi connectivity index (χ2n) is 6.36. The SMILES string of the molecule is CCCCCCCC(C)CCCCCCCCC(=O)O. The molecule has 2 heteroatoms. The molecule has 0 radical (unpaired) electrons. The smallest absolute Gasteiger partial charge is 0.303 e. The molecule has 0 spiro atoms. The van der Waals surface area contributed by atoms with Crippen LogP contribution in [0.25, 0.3) is 0 Å². The summed E-state index contributed by atoms with van der Waals surface area (Å²) in [5.74, 6) is 0.237. The van der Waals surface area contributed by atoms with Crippen LogP contribution in [0.3, 0.4) is 0 Å². The van der Waals surface area contributed by atoms with Crippen molar-refractivity contribution >= 4 is 5.97 Å². The van der Waals surface area contributed by atoms with E-state index < -0.39 is 5.97 Å². The quantitative estimate of drug-likeness (QED) is 0.364. The molecule has 2 nitrogen and oxygen atoms in total. The third kappa shape index (κ3) is 15.5. The number of hydrogen-bond acceptors (Lipinski definition) is 1. The van der Waals surface area contributed by atoms with E-state index in [9.17, 15) is 4.79 Å². The van der Waals surface area contributed by atoms with Gasteiger partial charge in [-0.25, -0.2) is 0 Å². The van der Waals surface area contributed by atoms with Crippen LogP contribution in [0, 0.1) is 5.92 Å². The van der Waals surface area contributed by atoms with E-state index in [2.05, 4.69) is 13.8 Å². The van der Waals surface area contributed by atoms with Crippen LogP contribution < -0.4 is 0 Å². The minimum absolute atomic E-state index is 0.342. The lowest BCUT2D eigenvalue weighted by atomic mass is 9.96. The Labute approximate surface area is 126 Å². The van der Waals surface area contributed by atoms with Crippen LogP contribution >= 0.6 is 0 Å². The molecule has 0 saturated carbocycles. The van der Waals surface area contributed by atoms with Crippen LogP contribution in [0.5, 0.6) is 0 Å². The van der Waals surface area contributed by atoms with Crippen molar-refractivity contribution in [1.29, 1.82) is 0 Å². The largest absolute Gasteiger partial charge is 0.481 e. The van der Waals surface area contributed by atoms with E-state index >= 15 is 0 Å². The molecule has 20 heavy (non-hydrogen) atoms. The number of aliphatic carboxylic acids is 1. The zero-order chi connectivity index (χ0) is 15.1. The molecule has 0 saturated heterocycles. The van der Waals surface area contributed by atoms with Gasteiger partial charge < -0.3 is 5.11 Å². The van der Waals surface area contributed by atoms with Crippen LogP contribution in [0.4, 0.5) is 0 Å². The second kappa shape index (κ2) is 14.9. The molecule has 0 fully saturated rings. The summed E-state index contributed by atoms with van der Waals surface area (Å²) in [6, 6.07) is 0. The maximum atomic E-state index is 10.4. The van der Waals surface area contributed by atoms with Crippen LogP contribution in [0.2, 0.25) is 0 Å². The van der Waals surface area contributed by atoms with E-state index in [1.54, 1.807) is 0 Å². The molecule has 0 rings (SSSR count). The lowest BCUT2D eigenvalue weighted by Gasteiger charge is -2.10. The molecule has 0 aliphatic carbocycles. The average molecular weight is 284 g/mol. The molecular formula is C18H36O2. The van der Waals surface area contributed by atoms with Gasteiger partial charge in [0.1, 0.15) is 0 Å². The predicted molar refractivity (Wildman–Crippen MR) is 87.1 cm³/mol. The van der Waals surface area contributed by atoms with Crippen molar-refractivity contribution in [3.8, 4) is 0 Å². The Morgan fingerprint density at radius 2 is 1.25 bits per heavy atom. The molecular weight excluding hydrogens is 248 g/mol. The third-order valence-electron chi connectivity index (χ3n) is 4.14. The van der Waals surface area contributed by atoms with Crippen molar-refractivity contribution in [2.75, 3.05) is 0 Å². The number of carboxylic acids is 1. The number of rotatable bonds is 15. The summed E-state index contributed by atoms with van der Waals surface area (Å²) < 4.78 is 0. The van der Waals surface area contributed by atoms with E-state index in [1.165, 1.54) is 70.6 Å². The van der Waals surface area contributed by atoms with Gasteiger partial charge in [0.25, 0.3) is 0 Å².